The number of benzene rings is 1. The van der Waals surface area contributed by atoms with Crippen molar-refractivity contribution in [2.24, 2.45) is 0 Å². The van der Waals surface area contributed by atoms with Gasteiger partial charge >= 0.3 is 0 Å². The number of rotatable bonds is 3. The van der Waals surface area contributed by atoms with Gasteiger partial charge < -0.3 is 5.11 Å². The van der Waals surface area contributed by atoms with E-state index < -0.39 is 0 Å². The number of aliphatic hydroxyl groups is 1. The maximum atomic E-state index is 11.3. The third kappa shape index (κ3) is 3.92. The van der Waals surface area contributed by atoms with E-state index in [4.69, 9.17) is 5.11 Å². The Hall–Kier alpha value is -2.16. The first-order valence-corrected chi connectivity index (χ1v) is 6.41. The molecule has 0 aromatic heterocycles. The summed E-state index contributed by atoms with van der Waals surface area (Å²) in [6.45, 7) is 0.966. The lowest BCUT2D eigenvalue weighted by Gasteiger charge is -2.25. The minimum atomic E-state index is -0.273. The van der Waals surface area contributed by atoms with Crippen molar-refractivity contribution in [3.05, 3.63) is 35.4 Å². The molecule has 1 aliphatic heterocycles. The molecule has 2 amide bonds. The molecular formula is C15H16N2O3. The quantitative estimate of drug-likeness (QED) is 0.594. The van der Waals surface area contributed by atoms with Crippen LogP contribution >= 0.6 is 0 Å². The van der Waals surface area contributed by atoms with Crippen molar-refractivity contribution in [2.45, 2.75) is 13.0 Å². The summed E-state index contributed by atoms with van der Waals surface area (Å²) in [6, 6.07) is 7.62. The molecule has 104 valence electrons. The van der Waals surface area contributed by atoms with Gasteiger partial charge in [0, 0.05) is 18.5 Å². The summed E-state index contributed by atoms with van der Waals surface area (Å²) in [4.78, 5) is 24.5. The van der Waals surface area contributed by atoms with Gasteiger partial charge in [0.1, 0.15) is 0 Å². The molecule has 1 aliphatic rings. The van der Waals surface area contributed by atoms with E-state index in [1.54, 1.807) is 4.90 Å². The number of hydrogen-bond donors (Lipinski definition) is 2. The van der Waals surface area contributed by atoms with Crippen LogP contribution in [0.25, 0.3) is 0 Å². The van der Waals surface area contributed by atoms with Crippen LogP contribution in [0.1, 0.15) is 17.5 Å². The first-order valence-electron chi connectivity index (χ1n) is 6.41. The molecule has 1 saturated heterocycles. The van der Waals surface area contributed by atoms with Crippen LogP contribution in [-0.2, 0) is 16.1 Å². The molecule has 1 aromatic carbocycles. The Morgan fingerprint density at radius 3 is 2.60 bits per heavy atom. The molecule has 0 unspecified atom stereocenters. The van der Waals surface area contributed by atoms with Crippen molar-refractivity contribution in [2.75, 3.05) is 19.7 Å². The van der Waals surface area contributed by atoms with E-state index >= 15 is 0 Å². The van der Waals surface area contributed by atoms with Gasteiger partial charge in [-0.3, -0.25) is 19.8 Å². The number of imide groups is 1. The van der Waals surface area contributed by atoms with Crippen LogP contribution in [0.5, 0.6) is 0 Å². The second-order valence-corrected chi connectivity index (χ2v) is 4.55. The summed E-state index contributed by atoms with van der Waals surface area (Å²) in [5.41, 5.74) is 1.83. The lowest BCUT2D eigenvalue weighted by Crippen LogP contribution is -2.50. The highest BCUT2D eigenvalue weighted by atomic mass is 16.2. The first-order chi connectivity index (χ1) is 9.69. The second kappa shape index (κ2) is 6.85. The van der Waals surface area contributed by atoms with Crippen molar-refractivity contribution < 1.29 is 14.7 Å². The van der Waals surface area contributed by atoms with Crippen LogP contribution in [0.2, 0.25) is 0 Å². The largest absolute Gasteiger partial charge is 0.395 e. The Kier molecular flexibility index (Phi) is 4.88. The van der Waals surface area contributed by atoms with Crippen LogP contribution < -0.4 is 5.32 Å². The van der Waals surface area contributed by atoms with Crippen molar-refractivity contribution in [1.29, 1.82) is 0 Å². The van der Waals surface area contributed by atoms with Gasteiger partial charge in [-0.05, 0) is 11.6 Å². The number of amides is 2. The fourth-order valence-electron chi connectivity index (χ4n) is 2.04. The maximum absolute atomic E-state index is 11.3. The summed E-state index contributed by atoms with van der Waals surface area (Å²) in [6.07, 6.45) is 0.430. The number of nitrogens with zero attached hydrogens (tertiary/aromatic N) is 1. The van der Waals surface area contributed by atoms with Gasteiger partial charge in [0.2, 0.25) is 11.8 Å². The smallest absolute Gasteiger partial charge is 0.240 e. The van der Waals surface area contributed by atoms with E-state index in [1.807, 2.05) is 24.3 Å². The molecule has 0 aliphatic carbocycles. The average molecular weight is 272 g/mol. The molecule has 1 aromatic rings. The summed E-state index contributed by atoms with van der Waals surface area (Å²) in [5.74, 6) is 5.34. The number of carbonyl (C=O) groups excluding carboxylic acids is 2. The molecule has 2 rings (SSSR count). The van der Waals surface area contributed by atoms with Crippen molar-refractivity contribution in [3.63, 3.8) is 0 Å². The fraction of sp³-hybridized carbons (Fsp3) is 0.333. The number of aliphatic hydroxyl groups excluding tert-OH is 1. The van der Waals surface area contributed by atoms with Gasteiger partial charge in [-0.15, -0.1) is 0 Å². The van der Waals surface area contributed by atoms with Crippen LogP contribution in [0.3, 0.4) is 0 Å². The monoisotopic (exact) mass is 272 g/mol. The van der Waals surface area contributed by atoms with Gasteiger partial charge in [-0.25, -0.2) is 0 Å². The highest BCUT2D eigenvalue weighted by Gasteiger charge is 2.22. The summed E-state index contributed by atoms with van der Waals surface area (Å²) < 4.78 is 0. The van der Waals surface area contributed by atoms with Crippen LogP contribution in [0.15, 0.2) is 24.3 Å². The molecule has 0 atom stereocenters. The normalized spacial score (nSPS) is 15.4. The van der Waals surface area contributed by atoms with E-state index in [9.17, 15) is 9.59 Å². The molecule has 1 fully saturated rings. The van der Waals surface area contributed by atoms with Crippen LogP contribution in [0.4, 0.5) is 0 Å². The SMILES string of the molecule is O=C1CN(Cc2ccccc2C#CCCO)CC(=O)N1. The number of carbonyl (C=O) groups is 2. The Balaban J connectivity index is 2.11. The molecule has 0 spiro atoms. The van der Waals surface area contributed by atoms with Crippen molar-refractivity contribution in [3.8, 4) is 11.8 Å². The Morgan fingerprint density at radius 1 is 1.20 bits per heavy atom. The molecule has 5 heteroatoms. The van der Waals surface area contributed by atoms with E-state index in [0.717, 1.165) is 11.1 Å². The van der Waals surface area contributed by atoms with E-state index in [2.05, 4.69) is 17.2 Å². The zero-order valence-corrected chi connectivity index (χ0v) is 11.1. The Bertz CT molecular complexity index is 556. The molecule has 1 heterocycles. The Labute approximate surface area is 117 Å². The second-order valence-electron chi connectivity index (χ2n) is 4.55. The molecule has 0 saturated carbocycles. The topological polar surface area (TPSA) is 69.6 Å². The maximum Gasteiger partial charge on any atom is 0.240 e. The zero-order valence-electron chi connectivity index (χ0n) is 11.1. The highest BCUT2D eigenvalue weighted by molar-refractivity contribution is 5.99. The lowest BCUT2D eigenvalue weighted by atomic mass is 10.1. The number of hydrogen-bond acceptors (Lipinski definition) is 4. The van der Waals surface area contributed by atoms with E-state index in [1.165, 1.54) is 0 Å². The molecule has 5 nitrogen and oxygen atoms in total. The number of nitrogens with one attached hydrogen (secondary N) is 1. The number of piperazine rings is 1. The standard InChI is InChI=1S/C15H16N2O3/c18-8-4-3-6-12-5-1-2-7-13(12)9-17-10-14(19)16-15(20)11-17/h1-2,5,7,18H,4,8-11H2,(H,16,19,20). The Morgan fingerprint density at radius 2 is 1.90 bits per heavy atom. The average Bonchev–Trinajstić information content (AvgIpc) is 2.40. The molecule has 0 radical (unpaired) electrons. The predicted octanol–water partition coefficient (Wildman–Crippen LogP) is -0.121. The summed E-state index contributed by atoms with van der Waals surface area (Å²) in [7, 11) is 0. The van der Waals surface area contributed by atoms with Gasteiger partial charge in [-0.1, -0.05) is 30.0 Å². The minimum Gasteiger partial charge on any atom is -0.395 e. The third-order valence-electron chi connectivity index (χ3n) is 2.88. The molecule has 20 heavy (non-hydrogen) atoms. The van der Waals surface area contributed by atoms with Gasteiger partial charge in [0.15, 0.2) is 0 Å². The predicted molar refractivity (Wildman–Crippen MR) is 73.4 cm³/mol. The molecule has 2 N–H and O–H groups in total. The van der Waals surface area contributed by atoms with Crippen LogP contribution in [-0.4, -0.2) is 41.5 Å². The first kappa shape index (κ1) is 14.3. The van der Waals surface area contributed by atoms with Gasteiger partial charge in [0.25, 0.3) is 0 Å². The molecule has 0 bridgehead atoms. The van der Waals surface area contributed by atoms with E-state index in [0.29, 0.717) is 13.0 Å². The van der Waals surface area contributed by atoms with Crippen molar-refractivity contribution >= 4 is 11.8 Å². The van der Waals surface area contributed by atoms with E-state index in [-0.39, 0.29) is 31.5 Å². The van der Waals surface area contributed by atoms with Gasteiger partial charge in [-0.2, -0.15) is 0 Å². The lowest BCUT2D eigenvalue weighted by molar-refractivity contribution is -0.136. The zero-order chi connectivity index (χ0) is 14.4. The fourth-order valence-corrected chi connectivity index (χ4v) is 2.04. The summed E-state index contributed by atoms with van der Waals surface area (Å²) >= 11 is 0. The van der Waals surface area contributed by atoms with Crippen molar-refractivity contribution in [1.82, 2.24) is 10.2 Å². The van der Waals surface area contributed by atoms with Crippen LogP contribution in [0, 0.1) is 11.8 Å². The highest BCUT2D eigenvalue weighted by Crippen LogP contribution is 2.11. The minimum absolute atomic E-state index is 0.0377. The van der Waals surface area contributed by atoms with Gasteiger partial charge in [0.05, 0.1) is 19.7 Å². The molecular weight excluding hydrogens is 256 g/mol. The summed E-state index contributed by atoms with van der Waals surface area (Å²) in [5, 5.41) is 11.0. The third-order valence-corrected chi connectivity index (χ3v) is 2.88.